The Morgan fingerprint density at radius 1 is 1.15 bits per heavy atom. The van der Waals surface area contributed by atoms with Crippen LogP contribution in [0.15, 0.2) is 47.3 Å². The van der Waals surface area contributed by atoms with Crippen molar-refractivity contribution in [1.29, 1.82) is 0 Å². The molecule has 0 spiro atoms. The molecule has 0 radical (unpaired) electrons. The monoisotopic (exact) mass is 482 g/mol. The van der Waals surface area contributed by atoms with E-state index in [0.717, 1.165) is 55.7 Å². The number of ether oxygens (including phenoxy) is 1. The lowest BCUT2D eigenvalue weighted by atomic mass is 10.0. The number of pyridine rings is 1. The number of aromatic amines is 1. The summed E-state index contributed by atoms with van der Waals surface area (Å²) in [5.74, 6) is -0.299. The number of aryl methyl sites for hydroxylation is 2. The summed E-state index contributed by atoms with van der Waals surface area (Å²) in [7, 11) is 0. The average molecular weight is 483 g/mol. The maximum atomic E-state index is 13.3. The molecule has 8 heteroatoms. The minimum atomic E-state index is -0.299. The van der Waals surface area contributed by atoms with Gasteiger partial charge in [0.05, 0.1) is 19.8 Å². The number of benzene rings is 2. The number of rotatable bonds is 7. The van der Waals surface area contributed by atoms with Crippen LogP contribution in [-0.4, -0.2) is 59.3 Å². The molecule has 6 nitrogen and oxygen atoms in total. The van der Waals surface area contributed by atoms with Crippen molar-refractivity contribution in [2.45, 2.75) is 26.8 Å². The lowest BCUT2D eigenvalue weighted by molar-refractivity contribution is 0.0367. The van der Waals surface area contributed by atoms with Crippen LogP contribution in [-0.2, 0) is 11.3 Å². The highest BCUT2D eigenvalue weighted by atomic mass is 32.1. The lowest BCUT2D eigenvalue weighted by Crippen LogP contribution is -2.40. The van der Waals surface area contributed by atoms with Crippen LogP contribution in [0.1, 0.15) is 23.1 Å². The summed E-state index contributed by atoms with van der Waals surface area (Å²) < 4.78 is 18.8. The first-order chi connectivity index (χ1) is 16.4. The number of aromatic nitrogens is 1. The normalized spacial score (nSPS) is 14.3. The molecule has 0 unspecified atom stereocenters. The third-order valence-corrected chi connectivity index (χ3v) is 6.65. The lowest BCUT2D eigenvalue weighted by Gasteiger charge is -2.29. The van der Waals surface area contributed by atoms with E-state index in [4.69, 9.17) is 17.0 Å². The van der Waals surface area contributed by atoms with Crippen LogP contribution in [0.25, 0.3) is 10.9 Å². The number of fused-ring (bicyclic) bond motifs is 1. The Balaban J connectivity index is 1.52. The number of H-pyrrole nitrogens is 1. The van der Waals surface area contributed by atoms with E-state index in [0.29, 0.717) is 29.5 Å². The van der Waals surface area contributed by atoms with Crippen LogP contribution < -0.4 is 10.9 Å². The molecule has 0 saturated carbocycles. The second-order valence-corrected chi connectivity index (χ2v) is 9.20. The Morgan fingerprint density at radius 3 is 2.59 bits per heavy atom. The molecule has 0 aliphatic carbocycles. The number of anilines is 1. The van der Waals surface area contributed by atoms with Gasteiger partial charge in [0.25, 0.3) is 5.56 Å². The molecule has 1 aliphatic heterocycles. The van der Waals surface area contributed by atoms with E-state index in [9.17, 15) is 9.18 Å². The van der Waals surface area contributed by atoms with E-state index in [-0.39, 0.29) is 11.4 Å². The average Bonchev–Trinajstić information content (AvgIpc) is 2.82. The van der Waals surface area contributed by atoms with Gasteiger partial charge in [0.2, 0.25) is 0 Å². The van der Waals surface area contributed by atoms with Crippen molar-refractivity contribution in [3.63, 3.8) is 0 Å². The molecular formula is C26H31FN4O2S. The summed E-state index contributed by atoms with van der Waals surface area (Å²) >= 11 is 5.71. The molecular weight excluding hydrogens is 451 g/mol. The van der Waals surface area contributed by atoms with Crippen LogP contribution in [0.3, 0.4) is 0 Å². The van der Waals surface area contributed by atoms with Gasteiger partial charge in [-0.2, -0.15) is 0 Å². The summed E-state index contributed by atoms with van der Waals surface area (Å²) in [4.78, 5) is 20.3. The summed E-state index contributed by atoms with van der Waals surface area (Å²) in [6.07, 6.45) is 0.898. The van der Waals surface area contributed by atoms with Gasteiger partial charge in [-0.15, -0.1) is 0 Å². The quantitative estimate of drug-likeness (QED) is 0.492. The van der Waals surface area contributed by atoms with Crippen molar-refractivity contribution in [2.24, 2.45) is 0 Å². The molecule has 0 bridgehead atoms. The van der Waals surface area contributed by atoms with Crippen LogP contribution in [0.4, 0.5) is 10.1 Å². The third kappa shape index (κ3) is 6.20. The number of morpholine rings is 1. The van der Waals surface area contributed by atoms with Crippen LogP contribution in [0.5, 0.6) is 0 Å². The minimum absolute atomic E-state index is 0.112. The van der Waals surface area contributed by atoms with Crippen molar-refractivity contribution in [1.82, 2.24) is 14.8 Å². The Kier molecular flexibility index (Phi) is 7.92. The van der Waals surface area contributed by atoms with Crippen molar-refractivity contribution in [2.75, 3.05) is 44.7 Å². The number of nitrogens with one attached hydrogen (secondary N) is 2. The highest BCUT2D eigenvalue weighted by molar-refractivity contribution is 7.80. The summed E-state index contributed by atoms with van der Waals surface area (Å²) in [6, 6.07) is 12.2. The molecule has 1 fully saturated rings. The fourth-order valence-corrected chi connectivity index (χ4v) is 4.42. The Bertz CT molecular complexity index is 1210. The van der Waals surface area contributed by atoms with E-state index in [1.165, 1.54) is 17.7 Å². The number of nitrogens with zero attached hydrogens (tertiary/aromatic N) is 2. The molecule has 2 heterocycles. The van der Waals surface area contributed by atoms with Gasteiger partial charge in [-0.3, -0.25) is 9.69 Å². The fourth-order valence-electron chi connectivity index (χ4n) is 4.14. The largest absolute Gasteiger partial charge is 0.379 e. The van der Waals surface area contributed by atoms with Gasteiger partial charge >= 0.3 is 0 Å². The smallest absolute Gasteiger partial charge is 0.253 e. The van der Waals surface area contributed by atoms with E-state index < -0.39 is 0 Å². The zero-order chi connectivity index (χ0) is 24.1. The van der Waals surface area contributed by atoms with Crippen molar-refractivity contribution in [3.8, 4) is 0 Å². The maximum Gasteiger partial charge on any atom is 0.253 e. The van der Waals surface area contributed by atoms with Gasteiger partial charge < -0.3 is 19.9 Å². The van der Waals surface area contributed by atoms with Crippen LogP contribution in [0.2, 0.25) is 0 Å². The second kappa shape index (κ2) is 11.1. The molecule has 2 aromatic carbocycles. The molecule has 3 aromatic rings. The van der Waals surface area contributed by atoms with Gasteiger partial charge in [0.1, 0.15) is 5.82 Å². The molecule has 1 saturated heterocycles. The second-order valence-electron chi connectivity index (χ2n) is 8.81. The van der Waals surface area contributed by atoms with Crippen molar-refractivity contribution >= 4 is 33.9 Å². The summed E-state index contributed by atoms with van der Waals surface area (Å²) in [5.41, 5.74) is 4.42. The molecule has 0 amide bonds. The summed E-state index contributed by atoms with van der Waals surface area (Å²) in [5, 5.41) is 4.71. The minimum Gasteiger partial charge on any atom is -0.379 e. The zero-order valence-electron chi connectivity index (χ0n) is 19.7. The maximum absolute atomic E-state index is 13.3. The van der Waals surface area contributed by atoms with Crippen molar-refractivity contribution in [3.05, 3.63) is 75.3 Å². The SMILES string of the molecule is Cc1cc2cc(CN(CCCN3CCOCC3)C(=S)Nc3ccc(F)cc3)c(=O)[nH]c2cc1C. The number of hydrogen-bond donors (Lipinski definition) is 2. The molecule has 1 aliphatic rings. The van der Waals surface area contributed by atoms with Crippen LogP contribution >= 0.6 is 12.2 Å². The van der Waals surface area contributed by atoms with E-state index in [1.54, 1.807) is 12.1 Å². The Hall–Kier alpha value is -2.81. The standard InChI is InChI=1S/C26H31FN4O2S/c1-18-14-20-16-21(25(32)29-24(20)15-19(18)2)17-31(9-3-8-30-10-12-33-13-11-30)26(34)28-23-6-4-22(27)5-7-23/h4-7,14-16H,3,8-13,17H2,1-2H3,(H,28,34)(H,29,32). The number of hydrogen-bond acceptors (Lipinski definition) is 4. The highest BCUT2D eigenvalue weighted by Crippen LogP contribution is 2.18. The third-order valence-electron chi connectivity index (χ3n) is 6.29. The zero-order valence-corrected chi connectivity index (χ0v) is 20.5. The first-order valence-electron chi connectivity index (χ1n) is 11.6. The molecule has 4 rings (SSSR count). The highest BCUT2D eigenvalue weighted by Gasteiger charge is 2.16. The first-order valence-corrected chi connectivity index (χ1v) is 12.0. The number of thiocarbonyl (C=S) groups is 1. The van der Waals surface area contributed by atoms with Crippen molar-refractivity contribution < 1.29 is 9.13 Å². The fraction of sp³-hybridized carbons (Fsp3) is 0.385. The molecule has 180 valence electrons. The molecule has 34 heavy (non-hydrogen) atoms. The van der Waals surface area contributed by atoms with Gasteiger partial charge in [0.15, 0.2) is 5.11 Å². The summed E-state index contributed by atoms with van der Waals surface area (Å²) in [6.45, 7) is 9.51. The topological polar surface area (TPSA) is 60.6 Å². The first kappa shape index (κ1) is 24.3. The van der Waals surface area contributed by atoms with Gasteiger partial charge in [-0.1, -0.05) is 0 Å². The van der Waals surface area contributed by atoms with E-state index in [2.05, 4.69) is 28.2 Å². The predicted octanol–water partition coefficient (Wildman–Crippen LogP) is 4.21. The van der Waals surface area contributed by atoms with Gasteiger partial charge in [-0.05, 0) is 91.5 Å². The Morgan fingerprint density at radius 2 is 1.85 bits per heavy atom. The van der Waals surface area contributed by atoms with E-state index >= 15 is 0 Å². The Labute approximate surface area is 204 Å². The predicted molar refractivity (Wildman–Crippen MR) is 139 cm³/mol. The van der Waals surface area contributed by atoms with Crippen LogP contribution in [0, 0.1) is 19.7 Å². The molecule has 2 N–H and O–H groups in total. The number of halogens is 1. The van der Waals surface area contributed by atoms with Gasteiger partial charge in [-0.25, -0.2) is 4.39 Å². The molecule has 0 atom stereocenters. The van der Waals surface area contributed by atoms with E-state index in [1.807, 2.05) is 24.0 Å². The van der Waals surface area contributed by atoms with Gasteiger partial charge in [0, 0.05) is 42.9 Å². The molecule has 1 aromatic heterocycles.